The van der Waals surface area contributed by atoms with E-state index in [0.717, 1.165) is 16.7 Å². The third-order valence-electron chi connectivity index (χ3n) is 4.08. The van der Waals surface area contributed by atoms with Crippen LogP contribution < -0.4 is 15.8 Å². The van der Waals surface area contributed by atoms with E-state index >= 15 is 0 Å². The van der Waals surface area contributed by atoms with Crippen molar-refractivity contribution in [3.8, 4) is 11.5 Å². The Morgan fingerprint density at radius 3 is 2.52 bits per heavy atom. The minimum atomic E-state index is -0.167. The highest BCUT2D eigenvalue weighted by molar-refractivity contribution is 5.92. The van der Waals surface area contributed by atoms with Gasteiger partial charge in [0.2, 0.25) is 5.91 Å². The molecule has 3 N–H and O–H groups in total. The van der Waals surface area contributed by atoms with Gasteiger partial charge in [0.05, 0.1) is 11.7 Å². The fourth-order valence-corrected chi connectivity index (χ4v) is 2.78. The summed E-state index contributed by atoms with van der Waals surface area (Å²) in [5, 5.41) is 8.07. The topological polar surface area (TPSA) is 82.2 Å². The highest BCUT2D eigenvalue weighted by atomic mass is 16.5. The van der Waals surface area contributed by atoms with Crippen molar-refractivity contribution in [2.24, 2.45) is 0 Å². The van der Waals surface area contributed by atoms with Gasteiger partial charge in [-0.3, -0.25) is 9.48 Å². The van der Waals surface area contributed by atoms with Gasteiger partial charge in [-0.2, -0.15) is 5.10 Å². The van der Waals surface area contributed by atoms with Crippen molar-refractivity contribution in [1.29, 1.82) is 0 Å². The number of benzene rings is 3. The molecule has 1 amide bonds. The van der Waals surface area contributed by atoms with Crippen molar-refractivity contribution >= 4 is 28.2 Å². The predicted octanol–water partition coefficient (Wildman–Crippen LogP) is 4.05. The Labute approximate surface area is 156 Å². The van der Waals surface area contributed by atoms with Crippen molar-refractivity contribution < 1.29 is 9.53 Å². The van der Waals surface area contributed by atoms with Crippen molar-refractivity contribution in [3.05, 3.63) is 79.0 Å². The minimum absolute atomic E-state index is 0.106. The SMILES string of the molecule is Nc1ccc2cnn(CC(=O)Nc3ccc(Oc4ccccc4)cc3)c2c1. The van der Waals surface area contributed by atoms with E-state index in [1.54, 1.807) is 23.0 Å². The van der Waals surface area contributed by atoms with E-state index in [-0.39, 0.29) is 12.5 Å². The summed E-state index contributed by atoms with van der Waals surface area (Å²) in [5.41, 5.74) is 7.98. The second-order valence-electron chi connectivity index (χ2n) is 6.11. The third kappa shape index (κ3) is 3.90. The van der Waals surface area contributed by atoms with Crippen LogP contribution in [0.4, 0.5) is 11.4 Å². The number of carbonyl (C=O) groups is 1. The molecule has 3 aromatic carbocycles. The molecular weight excluding hydrogens is 340 g/mol. The number of carbonyl (C=O) groups excluding carboxylic acids is 1. The van der Waals surface area contributed by atoms with E-state index in [9.17, 15) is 4.79 Å². The van der Waals surface area contributed by atoms with Crippen molar-refractivity contribution in [1.82, 2.24) is 9.78 Å². The number of nitrogens with zero attached hydrogens (tertiary/aromatic N) is 2. The Bertz CT molecular complexity index is 1070. The molecule has 0 aliphatic heterocycles. The molecule has 4 aromatic rings. The molecule has 0 spiro atoms. The Balaban J connectivity index is 1.41. The number of nitrogens with two attached hydrogens (primary N) is 1. The van der Waals surface area contributed by atoms with Crippen LogP contribution in [0.15, 0.2) is 79.0 Å². The van der Waals surface area contributed by atoms with E-state index in [1.165, 1.54) is 0 Å². The molecule has 0 atom stereocenters. The van der Waals surface area contributed by atoms with Gasteiger partial charge in [0.25, 0.3) is 0 Å². The lowest BCUT2D eigenvalue weighted by molar-refractivity contribution is -0.116. The molecule has 0 aliphatic rings. The van der Waals surface area contributed by atoms with Gasteiger partial charge in [-0.25, -0.2) is 0 Å². The Morgan fingerprint density at radius 1 is 1.00 bits per heavy atom. The molecule has 134 valence electrons. The van der Waals surface area contributed by atoms with Crippen LogP contribution >= 0.6 is 0 Å². The van der Waals surface area contributed by atoms with E-state index in [1.807, 2.05) is 60.7 Å². The van der Waals surface area contributed by atoms with E-state index in [0.29, 0.717) is 17.1 Å². The zero-order chi connectivity index (χ0) is 18.6. The standard InChI is InChI=1S/C21H18N4O2/c22-16-7-6-15-13-23-25(20(15)12-16)14-21(26)24-17-8-10-19(11-9-17)27-18-4-2-1-3-5-18/h1-13H,14,22H2,(H,24,26). The number of hydrogen-bond acceptors (Lipinski definition) is 4. The molecule has 0 unspecified atom stereocenters. The molecule has 0 saturated carbocycles. The maximum absolute atomic E-state index is 12.3. The Kier molecular flexibility index (Phi) is 4.45. The first-order valence-corrected chi connectivity index (χ1v) is 8.51. The average molecular weight is 358 g/mol. The summed E-state index contributed by atoms with van der Waals surface area (Å²) in [5.74, 6) is 1.30. The van der Waals surface area contributed by atoms with Crippen LogP contribution in [-0.4, -0.2) is 15.7 Å². The lowest BCUT2D eigenvalue weighted by atomic mass is 10.2. The van der Waals surface area contributed by atoms with Crippen LogP contribution in [0.3, 0.4) is 0 Å². The Hall–Kier alpha value is -3.80. The van der Waals surface area contributed by atoms with Crippen LogP contribution in [0.1, 0.15) is 0 Å². The summed E-state index contributed by atoms with van der Waals surface area (Å²) in [6, 6.07) is 22.3. The van der Waals surface area contributed by atoms with Crippen molar-refractivity contribution in [3.63, 3.8) is 0 Å². The molecule has 0 fully saturated rings. The number of aromatic nitrogens is 2. The smallest absolute Gasteiger partial charge is 0.246 e. The Morgan fingerprint density at radius 2 is 1.74 bits per heavy atom. The maximum atomic E-state index is 12.3. The number of rotatable bonds is 5. The summed E-state index contributed by atoms with van der Waals surface area (Å²) in [6.07, 6.45) is 1.72. The second kappa shape index (κ2) is 7.21. The molecule has 27 heavy (non-hydrogen) atoms. The fraction of sp³-hybridized carbons (Fsp3) is 0.0476. The number of nitrogen functional groups attached to an aromatic ring is 1. The zero-order valence-corrected chi connectivity index (χ0v) is 14.5. The quantitative estimate of drug-likeness (QED) is 0.527. The summed E-state index contributed by atoms with van der Waals surface area (Å²) < 4.78 is 7.38. The number of para-hydroxylation sites is 1. The predicted molar refractivity (Wildman–Crippen MR) is 106 cm³/mol. The van der Waals surface area contributed by atoms with E-state index in [2.05, 4.69) is 10.4 Å². The van der Waals surface area contributed by atoms with Gasteiger partial charge < -0.3 is 15.8 Å². The minimum Gasteiger partial charge on any atom is -0.457 e. The molecule has 1 heterocycles. The lowest BCUT2D eigenvalue weighted by Crippen LogP contribution is -2.19. The first-order chi connectivity index (χ1) is 13.2. The highest BCUT2D eigenvalue weighted by Gasteiger charge is 2.09. The zero-order valence-electron chi connectivity index (χ0n) is 14.5. The normalized spacial score (nSPS) is 10.7. The molecule has 4 rings (SSSR count). The third-order valence-corrected chi connectivity index (χ3v) is 4.08. The summed E-state index contributed by atoms with van der Waals surface area (Å²) >= 11 is 0. The van der Waals surface area contributed by atoms with Crippen molar-refractivity contribution in [2.75, 3.05) is 11.1 Å². The fourth-order valence-electron chi connectivity index (χ4n) is 2.78. The molecule has 0 saturated heterocycles. The second-order valence-corrected chi connectivity index (χ2v) is 6.11. The largest absolute Gasteiger partial charge is 0.457 e. The van der Waals surface area contributed by atoms with Crippen LogP contribution in [0, 0.1) is 0 Å². The number of amides is 1. The highest BCUT2D eigenvalue weighted by Crippen LogP contribution is 2.23. The molecule has 0 radical (unpaired) electrons. The van der Waals surface area contributed by atoms with Gasteiger partial charge in [-0.05, 0) is 54.6 Å². The van der Waals surface area contributed by atoms with E-state index < -0.39 is 0 Å². The van der Waals surface area contributed by atoms with Gasteiger partial charge in [0, 0.05) is 16.8 Å². The molecular formula is C21H18N4O2. The van der Waals surface area contributed by atoms with Gasteiger partial charge in [-0.15, -0.1) is 0 Å². The van der Waals surface area contributed by atoms with Gasteiger partial charge in [-0.1, -0.05) is 18.2 Å². The van der Waals surface area contributed by atoms with Crippen LogP contribution in [0.25, 0.3) is 10.9 Å². The molecule has 0 bridgehead atoms. The average Bonchev–Trinajstić information content (AvgIpc) is 3.06. The molecule has 1 aromatic heterocycles. The van der Waals surface area contributed by atoms with Crippen LogP contribution in [-0.2, 0) is 11.3 Å². The number of nitrogens with one attached hydrogen (secondary N) is 1. The number of anilines is 2. The van der Waals surface area contributed by atoms with Crippen molar-refractivity contribution in [2.45, 2.75) is 6.54 Å². The summed E-state index contributed by atoms with van der Waals surface area (Å²) in [7, 11) is 0. The molecule has 6 nitrogen and oxygen atoms in total. The first kappa shape index (κ1) is 16.7. The maximum Gasteiger partial charge on any atom is 0.246 e. The summed E-state index contributed by atoms with van der Waals surface area (Å²) in [4.78, 5) is 12.3. The molecule has 0 aliphatic carbocycles. The molecule has 6 heteroatoms. The van der Waals surface area contributed by atoms with Gasteiger partial charge >= 0.3 is 0 Å². The van der Waals surface area contributed by atoms with E-state index in [4.69, 9.17) is 10.5 Å². The summed E-state index contributed by atoms with van der Waals surface area (Å²) in [6.45, 7) is 0.106. The van der Waals surface area contributed by atoms with Crippen LogP contribution in [0.2, 0.25) is 0 Å². The number of fused-ring (bicyclic) bond motifs is 1. The van der Waals surface area contributed by atoms with Gasteiger partial charge in [0.1, 0.15) is 18.0 Å². The van der Waals surface area contributed by atoms with Gasteiger partial charge in [0.15, 0.2) is 0 Å². The number of ether oxygens (including phenoxy) is 1. The lowest BCUT2D eigenvalue weighted by Gasteiger charge is -2.09. The number of hydrogen-bond donors (Lipinski definition) is 2. The monoisotopic (exact) mass is 358 g/mol. The first-order valence-electron chi connectivity index (χ1n) is 8.51. The van der Waals surface area contributed by atoms with Crippen LogP contribution in [0.5, 0.6) is 11.5 Å².